The number of benzene rings is 2. The van der Waals surface area contributed by atoms with Crippen molar-refractivity contribution < 1.29 is 19.1 Å². The summed E-state index contributed by atoms with van der Waals surface area (Å²) in [5.41, 5.74) is 0.0368. The summed E-state index contributed by atoms with van der Waals surface area (Å²) in [4.78, 5) is 39.6. The molecule has 0 bridgehead atoms. The molecule has 0 aliphatic carbocycles. The van der Waals surface area contributed by atoms with Crippen LogP contribution in [0, 0.1) is 0 Å². The van der Waals surface area contributed by atoms with Crippen LogP contribution in [-0.4, -0.2) is 35.7 Å². The number of para-hydroxylation sites is 2. The molecule has 6 nitrogen and oxygen atoms in total. The summed E-state index contributed by atoms with van der Waals surface area (Å²) in [7, 11) is 0. The Morgan fingerprint density at radius 1 is 1.14 bits per heavy atom. The third-order valence-corrected chi connectivity index (χ3v) is 5.77. The van der Waals surface area contributed by atoms with E-state index < -0.39 is 24.0 Å². The molecule has 1 heterocycles. The van der Waals surface area contributed by atoms with Crippen LogP contribution in [0.2, 0.25) is 5.02 Å². The van der Waals surface area contributed by atoms with E-state index >= 15 is 0 Å². The third-order valence-electron chi connectivity index (χ3n) is 4.50. The molecule has 0 atom stereocenters. The summed E-state index contributed by atoms with van der Waals surface area (Å²) in [6, 6.07) is 14.4. The van der Waals surface area contributed by atoms with Crippen molar-refractivity contribution in [1.29, 1.82) is 0 Å². The summed E-state index contributed by atoms with van der Waals surface area (Å²) < 4.78 is 5.16. The summed E-state index contributed by atoms with van der Waals surface area (Å²) in [6.45, 7) is 2.89. The van der Waals surface area contributed by atoms with E-state index in [1.54, 1.807) is 50.2 Å². The van der Waals surface area contributed by atoms with Gasteiger partial charge in [-0.15, -0.1) is 11.8 Å². The number of halogens is 1. The van der Waals surface area contributed by atoms with Gasteiger partial charge in [0.15, 0.2) is 6.61 Å². The van der Waals surface area contributed by atoms with Gasteiger partial charge in [-0.25, -0.2) is 0 Å². The zero-order valence-electron chi connectivity index (χ0n) is 16.1. The van der Waals surface area contributed by atoms with Crippen LogP contribution in [-0.2, 0) is 19.1 Å². The topological polar surface area (TPSA) is 75.7 Å². The van der Waals surface area contributed by atoms with Crippen LogP contribution in [0.5, 0.6) is 0 Å². The second-order valence-corrected chi connectivity index (χ2v) is 8.58. The molecular weight excluding hydrogens is 412 g/mol. The van der Waals surface area contributed by atoms with Crippen LogP contribution < -0.4 is 10.2 Å². The van der Waals surface area contributed by atoms with Crippen molar-refractivity contribution in [2.45, 2.75) is 30.7 Å². The van der Waals surface area contributed by atoms with Gasteiger partial charge in [-0.3, -0.25) is 19.3 Å². The van der Waals surface area contributed by atoms with Crippen LogP contribution in [0.15, 0.2) is 53.4 Å². The first kappa shape index (κ1) is 21.2. The zero-order valence-corrected chi connectivity index (χ0v) is 17.7. The van der Waals surface area contributed by atoms with Gasteiger partial charge in [-0.2, -0.15) is 0 Å². The molecule has 2 aromatic rings. The van der Waals surface area contributed by atoms with Crippen molar-refractivity contribution in [3.05, 3.63) is 53.6 Å². The Kier molecular flexibility index (Phi) is 6.49. The number of anilines is 2. The maximum Gasteiger partial charge on any atom is 0.307 e. The fraction of sp³-hybridized carbons (Fsp3) is 0.286. The van der Waals surface area contributed by atoms with Crippen LogP contribution in [0.3, 0.4) is 0 Å². The maximum atomic E-state index is 12.8. The first-order valence-electron chi connectivity index (χ1n) is 9.06. The van der Waals surface area contributed by atoms with E-state index in [1.165, 1.54) is 16.7 Å². The molecule has 0 saturated carbocycles. The SMILES string of the molecule is CC1(C)C(=O)Nc2ccccc2N1C(=O)COC(=O)CCSc1ccc(Cl)cc1. The number of hydrogen-bond donors (Lipinski definition) is 1. The lowest BCUT2D eigenvalue weighted by atomic mass is 9.96. The standard InChI is InChI=1S/C21H21ClN2O4S/c1-21(2)20(27)23-16-5-3-4-6-17(16)24(21)18(25)13-28-19(26)11-12-29-15-9-7-14(22)8-10-15/h3-10H,11-13H2,1-2H3,(H,23,27). The molecule has 29 heavy (non-hydrogen) atoms. The molecule has 0 radical (unpaired) electrons. The molecular formula is C21H21ClN2O4S. The minimum atomic E-state index is -1.09. The Balaban J connectivity index is 1.56. The van der Waals surface area contributed by atoms with E-state index in [1.807, 2.05) is 12.1 Å². The van der Waals surface area contributed by atoms with Crippen molar-refractivity contribution in [2.24, 2.45) is 0 Å². The summed E-state index contributed by atoms with van der Waals surface area (Å²) in [6.07, 6.45) is 0.168. The summed E-state index contributed by atoms with van der Waals surface area (Å²) in [5, 5.41) is 3.45. The van der Waals surface area contributed by atoms with Crippen LogP contribution >= 0.6 is 23.4 Å². The Morgan fingerprint density at radius 3 is 2.55 bits per heavy atom. The third kappa shape index (κ3) is 4.92. The lowest BCUT2D eigenvalue weighted by Gasteiger charge is -2.41. The van der Waals surface area contributed by atoms with Gasteiger partial charge in [-0.05, 0) is 50.2 Å². The van der Waals surface area contributed by atoms with Gasteiger partial charge in [0.1, 0.15) is 5.54 Å². The molecule has 1 N–H and O–H groups in total. The minimum absolute atomic E-state index is 0.168. The number of nitrogens with one attached hydrogen (secondary N) is 1. The molecule has 3 rings (SSSR count). The minimum Gasteiger partial charge on any atom is -0.456 e. The monoisotopic (exact) mass is 432 g/mol. The second kappa shape index (κ2) is 8.88. The average molecular weight is 433 g/mol. The molecule has 1 aliphatic rings. The lowest BCUT2D eigenvalue weighted by molar-refractivity contribution is -0.147. The smallest absolute Gasteiger partial charge is 0.307 e. The number of carbonyl (C=O) groups is 3. The quantitative estimate of drug-likeness (QED) is 0.548. The molecule has 0 spiro atoms. The number of amides is 2. The molecule has 2 amide bonds. The van der Waals surface area contributed by atoms with Gasteiger partial charge in [0, 0.05) is 15.7 Å². The van der Waals surface area contributed by atoms with Crippen molar-refractivity contribution in [2.75, 3.05) is 22.6 Å². The predicted molar refractivity (Wildman–Crippen MR) is 114 cm³/mol. The average Bonchev–Trinajstić information content (AvgIpc) is 2.68. The summed E-state index contributed by atoms with van der Waals surface area (Å²) >= 11 is 7.35. The van der Waals surface area contributed by atoms with Gasteiger partial charge in [-0.1, -0.05) is 23.7 Å². The van der Waals surface area contributed by atoms with E-state index in [2.05, 4.69) is 5.32 Å². The van der Waals surface area contributed by atoms with E-state index in [-0.39, 0.29) is 12.3 Å². The Bertz CT molecular complexity index is 931. The summed E-state index contributed by atoms with van der Waals surface area (Å²) in [5.74, 6) is -0.687. The number of ether oxygens (including phenoxy) is 1. The lowest BCUT2D eigenvalue weighted by Crippen LogP contribution is -2.59. The van der Waals surface area contributed by atoms with E-state index in [4.69, 9.17) is 16.3 Å². The van der Waals surface area contributed by atoms with E-state index in [0.717, 1.165) is 4.90 Å². The molecule has 2 aromatic carbocycles. The fourth-order valence-corrected chi connectivity index (χ4v) is 3.92. The number of rotatable bonds is 6. The normalized spacial score (nSPS) is 14.7. The number of nitrogens with zero attached hydrogens (tertiary/aromatic N) is 1. The molecule has 152 valence electrons. The molecule has 8 heteroatoms. The molecule has 0 aromatic heterocycles. The first-order chi connectivity index (χ1) is 13.8. The second-order valence-electron chi connectivity index (χ2n) is 6.97. The molecule has 0 unspecified atom stereocenters. The molecule has 1 aliphatic heterocycles. The van der Waals surface area contributed by atoms with Crippen LogP contribution in [0.1, 0.15) is 20.3 Å². The van der Waals surface area contributed by atoms with Crippen molar-refractivity contribution in [3.8, 4) is 0 Å². The predicted octanol–water partition coefficient (Wildman–Crippen LogP) is 4.13. The highest BCUT2D eigenvalue weighted by atomic mass is 35.5. The van der Waals surface area contributed by atoms with E-state index in [0.29, 0.717) is 22.2 Å². The largest absolute Gasteiger partial charge is 0.456 e. The van der Waals surface area contributed by atoms with Gasteiger partial charge in [0.25, 0.3) is 5.91 Å². The number of hydrogen-bond acceptors (Lipinski definition) is 5. The van der Waals surface area contributed by atoms with Crippen LogP contribution in [0.4, 0.5) is 11.4 Å². The Labute approximate surface area is 178 Å². The van der Waals surface area contributed by atoms with Gasteiger partial charge >= 0.3 is 5.97 Å². The van der Waals surface area contributed by atoms with Crippen molar-refractivity contribution >= 4 is 52.5 Å². The Morgan fingerprint density at radius 2 is 1.83 bits per heavy atom. The highest BCUT2D eigenvalue weighted by molar-refractivity contribution is 7.99. The Hall–Kier alpha value is -2.51. The molecule has 0 fully saturated rings. The van der Waals surface area contributed by atoms with Gasteiger partial charge in [0.2, 0.25) is 5.91 Å². The van der Waals surface area contributed by atoms with Gasteiger partial charge < -0.3 is 10.1 Å². The first-order valence-corrected chi connectivity index (χ1v) is 10.4. The maximum absolute atomic E-state index is 12.8. The highest BCUT2D eigenvalue weighted by Crippen LogP contribution is 2.36. The number of thioether (sulfide) groups is 1. The number of carbonyl (C=O) groups excluding carboxylic acids is 3. The molecule has 0 saturated heterocycles. The van der Waals surface area contributed by atoms with E-state index in [9.17, 15) is 14.4 Å². The van der Waals surface area contributed by atoms with Crippen molar-refractivity contribution in [3.63, 3.8) is 0 Å². The fourth-order valence-electron chi connectivity index (χ4n) is 2.96. The highest BCUT2D eigenvalue weighted by Gasteiger charge is 2.43. The number of esters is 1. The van der Waals surface area contributed by atoms with Crippen molar-refractivity contribution in [1.82, 2.24) is 0 Å². The van der Waals surface area contributed by atoms with Crippen LogP contribution in [0.25, 0.3) is 0 Å². The number of fused-ring (bicyclic) bond motifs is 1. The zero-order chi connectivity index (χ0) is 21.0. The van der Waals surface area contributed by atoms with Gasteiger partial charge in [0.05, 0.1) is 17.8 Å².